The average Bonchev–Trinajstić information content (AvgIpc) is 2.32. The fraction of sp³-hybridized carbons (Fsp3) is 0.500. The Morgan fingerprint density at radius 3 is 2.62 bits per heavy atom. The summed E-state index contributed by atoms with van der Waals surface area (Å²) in [7, 11) is 0. The van der Waals surface area contributed by atoms with E-state index in [1.165, 1.54) is 6.07 Å². The van der Waals surface area contributed by atoms with Crippen molar-refractivity contribution >= 4 is 11.8 Å². The number of nitro groups is 1. The number of amides is 1. The average molecular weight is 296 g/mol. The van der Waals surface area contributed by atoms with E-state index in [9.17, 15) is 14.9 Å². The standard InChI is InChI=1S/C14H20N2O5/c1-10-5-6-11(16(18)19)12(9-10)20-8-7-15-13(17)21-14(2,3)4/h5-6,9H,7-8H2,1-4H3,(H,15,17). The van der Waals surface area contributed by atoms with Crippen molar-refractivity contribution in [1.29, 1.82) is 0 Å². The van der Waals surface area contributed by atoms with E-state index in [-0.39, 0.29) is 24.6 Å². The van der Waals surface area contributed by atoms with Gasteiger partial charge in [0, 0.05) is 6.07 Å². The van der Waals surface area contributed by atoms with E-state index in [0.29, 0.717) is 0 Å². The van der Waals surface area contributed by atoms with Gasteiger partial charge >= 0.3 is 11.8 Å². The monoisotopic (exact) mass is 296 g/mol. The third-order valence-corrected chi connectivity index (χ3v) is 2.34. The molecule has 1 rings (SSSR count). The van der Waals surface area contributed by atoms with Crippen molar-refractivity contribution in [2.45, 2.75) is 33.3 Å². The number of benzene rings is 1. The summed E-state index contributed by atoms with van der Waals surface area (Å²) in [6.07, 6.45) is -0.551. The first kappa shape index (κ1) is 16.7. The number of ether oxygens (including phenoxy) is 2. The highest BCUT2D eigenvalue weighted by atomic mass is 16.6. The Hall–Kier alpha value is -2.31. The van der Waals surface area contributed by atoms with Crippen LogP contribution in [0.25, 0.3) is 0 Å². The van der Waals surface area contributed by atoms with Gasteiger partial charge in [-0.05, 0) is 39.3 Å². The molecule has 0 spiro atoms. The zero-order valence-electron chi connectivity index (χ0n) is 12.6. The smallest absolute Gasteiger partial charge is 0.407 e. The zero-order valence-corrected chi connectivity index (χ0v) is 12.6. The first-order valence-electron chi connectivity index (χ1n) is 6.54. The molecule has 0 heterocycles. The van der Waals surface area contributed by atoms with Crippen LogP contribution in [0.2, 0.25) is 0 Å². The molecule has 0 bridgehead atoms. The lowest BCUT2D eigenvalue weighted by Gasteiger charge is -2.19. The van der Waals surface area contributed by atoms with Gasteiger partial charge in [-0.2, -0.15) is 0 Å². The Balaban J connectivity index is 2.48. The van der Waals surface area contributed by atoms with Crippen molar-refractivity contribution in [3.8, 4) is 5.75 Å². The number of nitro benzene ring substituents is 1. The largest absolute Gasteiger partial charge is 0.485 e. The summed E-state index contributed by atoms with van der Waals surface area (Å²) in [4.78, 5) is 21.8. The van der Waals surface area contributed by atoms with Crippen LogP contribution in [0.1, 0.15) is 26.3 Å². The van der Waals surface area contributed by atoms with Crippen LogP contribution >= 0.6 is 0 Å². The SMILES string of the molecule is Cc1ccc([N+](=O)[O-])c(OCCNC(=O)OC(C)(C)C)c1. The van der Waals surface area contributed by atoms with Crippen LogP contribution in [0, 0.1) is 17.0 Å². The molecule has 0 aliphatic carbocycles. The molecule has 0 saturated heterocycles. The lowest BCUT2D eigenvalue weighted by Crippen LogP contribution is -2.34. The summed E-state index contributed by atoms with van der Waals surface area (Å²) in [6, 6.07) is 4.63. The van der Waals surface area contributed by atoms with E-state index < -0.39 is 16.6 Å². The molecule has 7 nitrogen and oxygen atoms in total. The predicted octanol–water partition coefficient (Wildman–Crippen LogP) is 2.81. The predicted molar refractivity (Wildman–Crippen MR) is 77.6 cm³/mol. The molecule has 7 heteroatoms. The molecular weight excluding hydrogens is 276 g/mol. The number of rotatable bonds is 5. The summed E-state index contributed by atoms with van der Waals surface area (Å²) in [6.45, 7) is 7.41. The Labute approximate surface area is 123 Å². The maximum absolute atomic E-state index is 11.4. The molecular formula is C14H20N2O5. The van der Waals surface area contributed by atoms with Crippen molar-refractivity contribution in [3.63, 3.8) is 0 Å². The topological polar surface area (TPSA) is 90.7 Å². The zero-order chi connectivity index (χ0) is 16.0. The number of carbonyl (C=O) groups is 1. The number of hydrogen-bond donors (Lipinski definition) is 1. The first-order chi connectivity index (χ1) is 9.69. The number of alkyl carbamates (subject to hydrolysis) is 1. The van der Waals surface area contributed by atoms with Gasteiger partial charge in [0.2, 0.25) is 0 Å². The van der Waals surface area contributed by atoms with Gasteiger partial charge in [0.25, 0.3) is 0 Å². The summed E-state index contributed by atoms with van der Waals surface area (Å²) in [5.74, 6) is 0.186. The molecule has 1 N–H and O–H groups in total. The Morgan fingerprint density at radius 2 is 2.05 bits per heavy atom. The molecule has 0 aliphatic rings. The molecule has 1 amide bonds. The lowest BCUT2D eigenvalue weighted by atomic mass is 10.2. The first-order valence-corrected chi connectivity index (χ1v) is 6.54. The molecule has 0 unspecified atom stereocenters. The minimum absolute atomic E-state index is 0.0992. The van der Waals surface area contributed by atoms with Gasteiger partial charge in [0.05, 0.1) is 11.5 Å². The van der Waals surface area contributed by atoms with E-state index >= 15 is 0 Å². The third-order valence-electron chi connectivity index (χ3n) is 2.34. The maximum atomic E-state index is 11.4. The number of nitrogens with zero attached hydrogens (tertiary/aromatic N) is 1. The van der Waals surface area contributed by atoms with E-state index in [0.717, 1.165) is 5.56 Å². The number of hydrogen-bond acceptors (Lipinski definition) is 5. The minimum atomic E-state index is -0.569. The quantitative estimate of drug-likeness (QED) is 0.512. The molecule has 1 aromatic rings. The second-order valence-corrected chi connectivity index (χ2v) is 5.51. The van der Waals surface area contributed by atoms with E-state index in [1.807, 2.05) is 6.92 Å². The van der Waals surface area contributed by atoms with Crippen molar-refractivity contribution in [3.05, 3.63) is 33.9 Å². The van der Waals surface area contributed by atoms with Gasteiger partial charge in [-0.25, -0.2) is 4.79 Å². The van der Waals surface area contributed by atoms with Crippen LogP contribution in [-0.2, 0) is 4.74 Å². The van der Waals surface area contributed by atoms with Crippen molar-refractivity contribution < 1.29 is 19.2 Å². The van der Waals surface area contributed by atoms with Gasteiger partial charge in [0.1, 0.15) is 12.2 Å². The van der Waals surface area contributed by atoms with Crippen LogP contribution < -0.4 is 10.1 Å². The van der Waals surface area contributed by atoms with Crippen LogP contribution in [0.5, 0.6) is 5.75 Å². The minimum Gasteiger partial charge on any atom is -0.485 e. The second kappa shape index (κ2) is 6.92. The molecule has 116 valence electrons. The van der Waals surface area contributed by atoms with E-state index in [2.05, 4.69) is 5.32 Å². The summed E-state index contributed by atoms with van der Waals surface area (Å²) in [5.41, 5.74) is 0.189. The Bertz CT molecular complexity index is 523. The van der Waals surface area contributed by atoms with E-state index in [4.69, 9.17) is 9.47 Å². The molecule has 0 aromatic heterocycles. The summed E-state index contributed by atoms with van der Waals surface area (Å²) in [5, 5.41) is 13.4. The van der Waals surface area contributed by atoms with Gasteiger partial charge in [0.15, 0.2) is 5.75 Å². The van der Waals surface area contributed by atoms with Gasteiger partial charge in [-0.15, -0.1) is 0 Å². The Morgan fingerprint density at radius 1 is 1.38 bits per heavy atom. The number of carbonyl (C=O) groups excluding carboxylic acids is 1. The maximum Gasteiger partial charge on any atom is 0.407 e. The van der Waals surface area contributed by atoms with E-state index in [1.54, 1.807) is 32.9 Å². The number of aryl methyl sites for hydroxylation is 1. The van der Waals surface area contributed by atoms with Crippen molar-refractivity contribution in [2.75, 3.05) is 13.2 Å². The summed E-state index contributed by atoms with van der Waals surface area (Å²) < 4.78 is 10.4. The van der Waals surface area contributed by atoms with Crippen molar-refractivity contribution in [2.24, 2.45) is 0 Å². The third kappa shape index (κ3) is 6.11. The fourth-order valence-electron chi connectivity index (χ4n) is 1.52. The molecule has 0 saturated carbocycles. The van der Waals surface area contributed by atoms with Gasteiger partial charge in [-0.3, -0.25) is 10.1 Å². The molecule has 0 aliphatic heterocycles. The van der Waals surface area contributed by atoms with Crippen molar-refractivity contribution in [1.82, 2.24) is 5.32 Å². The summed E-state index contributed by atoms with van der Waals surface area (Å²) >= 11 is 0. The van der Waals surface area contributed by atoms with Crippen LogP contribution in [-0.4, -0.2) is 29.8 Å². The normalized spacial score (nSPS) is 10.9. The molecule has 0 fully saturated rings. The molecule has 21 heavy (non-hydrogen) atoms. The second-order valence-electron chi connectivity index (χ2n) is 5.51. The van der Waals surface area contributed by atoms with Crippen LogP contribution in [0.4, 0.5) is 10.5 Å². The van der Waals surface area contributed by atoms with Crippen LogP contribution in [0.15, 0.2) is 18.2 Å². The highest BCUT2D eigenvalue weighted by Crippen LogP contribution is 2.27. The highest BCUT2D eigenvalue weighted by molar-refractivity contribution is 5.67. The highest BCUT2D eigenvalue weighted by Gasteiger charge is 2.17. The number of nitrogens with one attached hydrogen (secondary N) is 1. The Kier molecular flexibility index (Phi) is 5.52. The molecule has 0 radical (unpaired) electrons. The van der Waals surface area contributed by atoms with Gasteiger partial charge < -0.3 is 14.8 Å². The fourth-order valence-corrected chi connectivity index (χ4v) is 1.52. The van der Waals surface area contributed by atoms with Crippen LogP contribution in [0.3, 0.4) is 0 Å². The molecule has 0 atom stereocenters. The lowest BCUT2D eigenvalue weighted by molar-refractivity contribution is -0.385. The van der Waals surface area contributed by atoms with Gasteiger partial charge in [-0.1, -0.05) is 6.07 Å². The molecule has 1 aromatic carbocycles.